The summed E-state index contributed by atoms with van der Waals surface area (Å²) >= 11 is 10.3. The lowest BCUT2D eigenvalue weighted by Crippen LogP contribution is -1.90. The van der Waals surface area contributed by atoms with E-state index in [2.05, 4.69) is 57.2 Å². The zero-order valence-electron chi connectivity index (χ0n) is 21.2. The van der Waals surface area contributed by atoms with E-state index < -0.39 is 0 Å². The minimum atomic E-state index is -0.362. The molecule has 1 nitrogen and oxygen atoms in total. The molecule has 7 aromatic rings. The fraction of sp³-hybridized carbons (Fsp3) is 0.167. The van der Waals surface area contributed by atoms with Crippen molar-refractivity contribution < 1.29 is 9.18 Å². The number of benzene rings is 1. The number of fused-ring (bicyclic) bond motifs is 4. The highest BCUT2D eigenvalue weighted by Gasteiger charge is 2.26. The maximum Gasteiger partial charge on any atom is 0.172 e. The van der Waals surface area contributed by atoms with E-state index in [-0.39, 0.29) is 16.5 Å². The second-order valence-corrected chi connectivity index (χ2v) is 16.6. The Bertz CT molecular complexity index is 2070. The van der Waals surface area contributed by atoms with Gasteiger partial charge >= 0.3 is 0 Å². The Morgan fingerprint density at radius 3 is 1.84 bits per heavy atom. The van der Waals surface area contributed by atoms with Crippen LogP contribution >= 0.6 is 68.0 Å². The highest BCUT2D eigenvalue weighted by atomic mass is 32.1. The van der Waals surface area contributed by atoms with E-state index in [9.17, 15) is 4.79 Å². The normalized spacial score (nSPS) is 12.1. The molecule has 0 aliphatic carbocycles. The summed E-state index contributed by atoms with van der Waals surface area (Å²) in [4.78, 5) is 22.0. The van der Waals surface area contributed by atoms with Gasteiger partial charge in [-0.1, -0.05) is 0 Å². The largest absolute Gasteiger partial charge is 0.293 e. The van der Waals surface area contributed by atoms with Crippen molar-refractivity contribution in [1.29, 1.82) is 0 Å². The first-order valence-corrected chi connectivity index (χ1v) is 17.0. The summed E-state index contributed by atoms with van der Waals surface area (Å²) in [6.07, 6.45) is 0. The molecule has 0 amide bonds. The van der Waals surface area contributed by atoms with Crippen molar-refractivity contribution >= 4 is 104 Å². The minimum absolute atomic E-state index is 0.211. The summed E-state index contributed by atoms with van der Waals surface area (Å²) in [5.41, 5.74) is 2.63. The number of ketones is 1. The standard InChI is InChI=1S/C30H21FOS6/c1-12-6-8-19(33-12)23-24(20-9-7-13(2)34-20)28-18(17-10-14(3)35-27(17)23)11-21(37-28)29-30-22(16(5)36-29)25(31)26(38-30)15(4)32/h6-11H,1-5H3. The summed E-state index contributed by atoms with van der Waals surface area (Å²) in [5.74, 6) is -0.573. The van der Waals surface area contributed by atoms with Gasteiger partial charge in [0.05, 0.1) is 9.58 Å². The zero-order chi connectivity index (χ0) is 26.5. The second-order valence-electron chi connectivity index (χ2n) is 9.52. The maximum absolute atomic E-state index is 15.2. The van der Waals surface area contributed by atoms with Crippen LogP contribution in [0.25, 0.3) is 60.9 Å². The lowest BCUT2D eigenvalue weighted by Gasteiger charge is -2.11. The van der Waals surface area contributed by atoms with Crippen LogP contribution in [0.1, 0.15) is 36.1 Å². The molecule has 0 aliphatic rings. The molecule has 0 radical (unpaired) electrons. The molecule has 0 spiro atoms. The molecule has 0 N–H and O–H groups in total. The molecule has 6 heterocycles. The molecule has 0 fully saturated rings. The minimum Gasteiger partial charge on any atom is -0.293 e. The van der Waals surface area contributed by atoms with Crippen LogP contribution in [-0.2, 0) is 0 Å². The quantitative estimate of drug-likeness (QED) is 0.182. The van der Waals surface area contributed by atoms with Crippen LogP contribution < -0.4 is 0 Å². The van der Waals surface area contributed by atoms with E-state index in [0.29, 0.717) is 5.39 Å². The number of Topliss-reactive ketones (excluding diaryl/α,β-unsaturated/α-hetero) is 1. The predicted octanol–water partition coefficient (Wildman–Crippen LogP) is 12.1. The molecular formula is C30H21FOS6. The van der Waals surface area contributed by atoms with Crippen LogP contribution in [0.15, 0.2) is 36.4 Å². The van der Waals surface area contributed by atoms with Gasteiger partial charge in [0.1, 0.15) is 4.88 Å². The van der Waals surface area contributed by atoms with Crippen LogP contribution in [-0.4, -0.2) is 5.78 Å². The number of carbonyl (C=O) groups excluding carboxylic acids is 1. The van der Waals surface area contributed by atoms with E-state index in [4.69, 9.17) is 0 Å². The van der Waals surface area contributed by atoms with Crippen LogP contribution in [0.5, 0.6) is 0 Å². The van der Waals surface area contributed by atoms with Gasteiger partial charge in [0, 0.05) is 77.7 Å². The summed E-state index contributed by atoms with van der Waals surface area (Å²) in [5, 5.41) is 3.15. The zero-order valence-corrected chi connectivity index (χ0v) is 26.1. The summed E-state index contributed by atoms with van der Waals surface area (Å²) in [6.45, 7) is 9.93. The highest BCUT2D eigenvalue weighted by molar-refractivity contribution is 7.32. The summed E-state index contributed by atoms with van der Waals surface area (Å²) in [6, 6.07) is 13.6. The molecule has 38 heavy (non-hydrogen) atoms. The van der Waals surface area contributed by atoms with E-state index >= 15 is 4.39 Å². The lowest BCUT2D eigenvalue weighted by atomic mass is 9.99. The van der Waals surface area contributed by atoms with Crippen molar-refractivity contribution in [1.82, 2.24) is 0 Å². The third kappa shape index (κ3) is 3.65. The molecule has 0 atom stereocenters. The number of aryl methyl sites for hydroxylation is 4. The van der Waals surface area contributed by atoms with Crippen molar-refractivity contribution in [2.45, 2.75) is 34.6 Å². The molecule has 0 saturated heterocycles. The molecule has 0 bridgehead atoms. The molecule has 6 aromatic heterocycles. The predicted molar refractivity (Wildman–Crippen MR) is 171 cm³/mol. The van der Waals surface area contributed by atoms with E-state index in [1.807, 2.05) is 40.9 Å². The van der Waals surface area contributed by atoms with Gasteiger partial charge in [-0.15, -0.1) is 68.0 Å². The Hall–Kier alpha value is -2.20. The van der Waals surface area contributed by atoms with E-state index in [1.165, 1.54) is 73.9 Å². The number of halogens is 1. The van der Waals surface area contributed by atoms with Crippen molar-refractivity contribution in [3.05, 3.63) is 66.6 Å². The van der Waals surface area contributed by atoms with Crippen molar-refractivity contribution in [3.63, 3.8) is 0 Å². The Labute approximate surface area is 243 Å². The number of hydrogen-bond donors (Lipinski definition) is 0. The van der Waals surface area contributed by atoms with Crippen molar-refractivity contribution in [2.24, 2.45) is 0 Å². The number of hydrogen-bond acceptors (Lipinski definition) is 7. The molecule has 8 heteroatoms. The van der Waals surface area contributed by atoms with Gasteiger partial charge in [0.2, 0.25) is 0 Å². The number of rotatable bonds is 4. The molecular weight excluding hydrogens is 588 g/mol. The number of carbonyl (C=O) groups is 1. The average Bonchev–Trinajstić information content (AvgIpc) is 3.67. The van der Waals surface area contributed by atoms with Crippen molar-refractivity contribution in [2.75, 3.05) is 0 Å². The van der Waals surface area contributed by atoms with Gasteiger partial charge in [0.15, 0.2) is 11.6 Å². The summed E-state index contributed by atoms with van der Waals surface area (Å²) in [7, 11) is 0. The second kappa shape index (κ2) is 8.91. The van der Waals surface area contributed by atoms with Gasteiger partial charge in [0.25, 0.3) is 0 Å². The first kappa shape index (κ1) is 24.8. The molecule has 1 aromatic carbocycles. The molecule has 0 saturated carbocycles. The Morgan fingerprint density at radius 2 is 1.26 bits per heavy atom. The maximum atomic E-state index is 15.2. The number of thiophene rings is 6. The SMILES string of the molecule is CC(=O)c1sc2c(-c3cc4c(s3)c(-c3ccc(C)s3)c(-c3ccc(C)s3)c3sc(C)cc34)sc(C)c2c1F. The van der Waals surface area contributed by atoms with E-state index in [1.54, 1.807) is 22.7 Å². The molecule has 7 rings (SSSR count). The van der Waals surface area contributed by atoms with Gasteiger partial charge in [-0.2, -0.15) is 0 Å². The molecule has 0 aliphatic heterocycles. The van der Waals surface area contributed by atoms with Gasteiger partial charge in [-0.3, -0.25) is 4.79 Å². The van der Waals surface area contributed by atoms with Gasteiger partial charge in [-0.05, 0) is 64.1 Å². The molecule has 0 unspecified atom stereocenters. The van der Waals surface area contributed by atoms with Crippen LogP contribution in [0.2, 0.25) is 0 Å². The Balaban J connectivity index is 1.61. The average molecular weight is 609 g/mol. The van der Waals surface area contributed by atoms with Crippen LogP contribution in [0, 0.1) is 33.5 Å². The molecule has 190 valence electrons. The van der Waals surface area contributed by atoms with Gasteiger partial charge in [-0.25, -0.2) is 4.39 Å². The Kier molecular flexibility index (Phi) is 5.82. The highest BCUT2D eigenvalue weighted by Crippen LogP contribution is 2.55. The van der Waals surface area contributed by atoms with Gasteiger partial charge < -0.3 is 0 Å². The fourth-order valence-corrected chi connectivity index (χ4v) is 12.1. The lowest BCUT2D eigenvalue weighted by molar-refractivity contribution is 0.101. The van der Waals surface area contributed by atoms with E-state index in [0.717, 1.165) is 19.3 Å². The Morgan fingerprint density at radius 1 is 0.658 bits per heavy atom. The van der Waals surface area contributed by atoms with Crippen LogP contribution in [0.4, 0.5) is 4.39 Å². The third-order valence-corrected chi connectivity index (χ3v) is 13.7. The first-order valence-electron chi connectivity index (χ1n) is 12.1. The van der Waals surface area contributed by atoms with Crippen LogP contribution in [0.3, 0.4) is 0 Å². The topological polar surface area (TPSA) is 17.1 Å². The van der Waals surface area contributed by atoms with Crippen molar-refractivity contribution in [3.8, 4) is 30.6 Å². The summed E-state index contributed by atoms with van der Waals surface area (Å²) < 4.78 is 18.7. The third-order valence-electron chi connectivity index (χ3n) is 6.76. The monoisotopic (exact) mass is 608 g/mol. The first-order chi connectivity index (χ1) is 18.2. The fourth-order valence-electron chi connectivity index (χ4n) is 5.15. The smallest absolute Gasteiger partial charge is 0.172 e.